The van der Waals surface area contributed by atoms with Gasteiger partial charge in [-0.3, -0.25) is 9.59 Å². The van der Waals surface area contributed by atoms with Crippen LogP contribution in [0.2, 0.25) is 0 Å². The second-order valence-electron chi connectivity index (χ2n) is 6.12. The Labute approximate surface area is 129 Å². The first-order valence-electron chi connectivity index (χ1n) is 7.47. The van der Waals surface area contributed by atoms with Crippen molar-refractivity contribution >= 4 is 23.2 Å². The highest BCUT2D eigenvalue weighted by atomic mass is 32.1. The minimum absolute atomic E-state index is 0.111. The monoisotopic (exact) mass is 309 g/mol. The van der Waals surface area contributed by atoms with Gasteiger partial charge in [-0.2, -0.15) is 0 Å². The smallest absolute Gasteiger partial charge is 0.306 e. The molecule has 1 N–H and O–H groups in total. The zero-order valence-electron chi connectivity index (χ0n) is 12.8. The molecule has 21 heavy (non-hydrogen) atoms. The van der Waals surface area contributed by atoms with Crippen LogP contribution in [-0.2, 0) is 16.1 Å². The SMILES string of the molecule is Cc1ccc(CN(C(=O)[C@@H]2CC[C@H](C(=O)O)C2)C(C)C)s1. The molecule has 1 fully saturated rings. The molecule has 1 aromatic heterocycles. The molecule has 2 rings (SSSR count). The Bertz CT molecular complexity index is 523. The van der Waals surface area contributed by atoms with E-state index in [1.54, 1.807) is 11.3 Å². The second kappa shape index (κ2) is 6.60. The van der Waals surface area contributed by atoms with Crippen molar-refractivity contribution in [3.05, 3.63) is 21.9 Å². The van der Waals surface area contributed by atoms with Gasteiger partial charge in [0.1, 0.15) is 0 Å². The number of carbonyl (C=O) groups excluding carboxylic acids is 1. The summed E-state index contributed by atoms with van der Waals surface area (Å²) < 4.78 is 0. The molecular weight excluding hydrogens is 286 g/mol. The number of rotatable bonds is 5. The standard InChI is InChI=1S/C16H23NO3S/c1-10(2)17(9-14-7-4-11(3)21-14)15(18)12-5-6-13(8-12)16(19)20/h4,7,10,12-13H,5-6,8-9H2,1-3H3,(H,19,20)/t12-,13+/m1/s1. The van der Waals surface area contributed by atoms with Gasteiger partial charge in [0.15, 0.2) is 0 Å². The quantitative estimate of drug-likeness (QED) is 0.908. The second-order valence-corrected chi connectivity index (χ2v) is 7.49. The van der Waals surface area contributed by atoms with Crippen molar-refractivity contribution in [3.8, 4) is 0 Å². The van der Waals surface area contributed by atoms with Crippen LogP contribution in [0, 0.1) is 18.8 Å². The van der Waals surface area contributed by atoms with Crippen LogP contribution in [0.4, 0.5) is 0 Å². The van der Waals surface area contributed by atoms with Gasteiger partial charge in [-0.15, -0.1) is 11.3 Å². The lowest BCUT2D eigenvalue weighted by Crippen LogP contribution is -2.39. The lowest BCUT2D eigenvalue weighted by molar-refractivity contribution is -0.142. The van der Waals surface area contributed by atoms with E-state index < -0.39 is 5.97 Å². The van der Waals surface area contributed by atoms with Crippen molar-refractivity contribution in [2.45, 2.75) is 52.6 Å². The normalized spacial score (nSPS) is 21.7. The number of hydrogen-bond acceptors (Lipinski definition) is 3. The van der Waals surface area contributed by atoms with Crippen molar-refractivity contribution in [1.29, 1.82) is 0 Å². The molecule has 1 amide bonds. The molecule has 0 bridgehead atoms. The van der Waals surface area contributed by atoms with Crippen molar-refractivity contribution < 1.29 is 14.7 Å². The van der Waals surface area contributed by atoms with E-state index in [9.17, 15) is 9.59 Å². The number of aliphatic carboxylic acids is 1. The van der Waals surface area contributed by atoms with Crippen molar-refractivity contribution in [2.75, 3.05) is 0 Å². The van der Waals surface area contributed by atoms with Crippen molar-refractivity contribution in [2.24, 2.45) is 11.8 Å². The summed E-state index contributed by atoms with van der Waals surface area (Å²) in [6.45, 7) is 6.72. The summed E-state index contributed by atoms with van der Waals surface area (Å²) in [5.41, 5.74) is 0. The Morgan fingerprint density at radius 2 is 2.00 bits per heavy atom. The number of amides is 1. The Morgan fingerprint density at radius 3 is 2.48 bits per heavy atom. The molecule has 0 aliphatic heterocycles. The van der Waals surface area contributed by atoms with E-state index in [0.717, 1.165) is 0 Å². The maximum absolute atomic E-state index is 12.7. The van der Waals surface area contributed by atoms with Gasteiger partial charge in [0.2, 0.25) is 5.91 Å². The van der Waals surface area contributed by atoms with Gasteiger partial charge in [0, 0.05) is 21.7 Å². The first-order chi connectivity index (χ1) is 9.88. The fourth-order valence-corrected chi connectivity index (χ4v) is 3.81. The molecule has 1 heterocycles. The summed E-state index contributed by atoms with van der Waals surface area (Å²) in [6, 6.07) is 4.26. The number of carboxylic acids is 1. The van der Waals surface area contributed by atoms with Crippen LogP contribution in [0.3, 0.4) is 0 Å². The Kier molecular flexibility index (Phi) is 5.04. The largest absolute Gasteiger partial charge is 0.481 e. The van der Waals surface area contributed by atoms with E-state index in [-0.39, 0.29) is 23.8 Å². The van der Waals surface area contributed by atoms with Gasteiger partial charge in [-0.25, -0.2) is 0 Å². The Morgan fingerprint density at radius 1 is 1.33 bits per heavy atom. The van der Waals surface area contributed by atoms with Crippen LogP contribution >= 0.6 is 11.3 Å². The molecule has 116 valence electrons. The summed E-state index contributed by atoms with van der Waals surface area (Å²) >= 11 is 1.71. The molecule has 1 saturated carbocycles. The average molecular weight is 309 g/mol. The van der Waals surface area contributed by atoms with Crippen molar-refractivity contribution in [1.82, 2.24) is 4.90 Å². The number of aryl methyl sites for hydroxylation is 1. The van der Waals surface area contributed by atoms with Crippen LogP contribution < -0.4 is 0 Å². The summed E-state index contributed by atoms with van der Waals surface area (Å²) in [5, 5.41) is 9.08. The van der Waals surface area contributed by atoms with E-state index in [4.69, 9.17) is 5.11 Å². The van der Waals surface area contributed by atoms with E-state index in [1.165, 1.54) is 9.75 Å². The highest BCUT2D eigenvalue weighted by Crippen LogP contribution is 2.33. The van der Waals surface area contributed by atoms with Gasteiger partial charge in [0.25, 0.3) is 0 Å². The Balaban J connectivity index is 2.04. The molecule has 0 saturated heterocycles. The van der Waals surface area contributed by atoms with Crippen LogP contribution in [0.5, 0.6) is 0 Å². The van der Waals surface area contributed by atoms with E-state index in [1.807, 2.05) is 18.7 Å². The van der Waals surface area contributed by atoms with E-state index in [2.05, 4.69) is 19.1 Å². The fourth-order valence-electron chi connectivity index (χ4n) is 2.92. The fraction of sp³-hybridized carbons (Fsp3) is 0.625. The number of carboxylic acid groups (broad SMARTS) is 1. The molecular formula is C16H23NO3S. The van der Waals surface area contributed by atoms with Gasteiger partial charge in [-0.05, 0) is 52.2 Å². The topological polar surface area (TPSA) is 57.6 Å². The molecule has 4 nitrogen and oxygen atoms in total. The maximum atomic E-state index is 12.7. The number of hydrogen-bond donors (Lipinski definition) is 1. The summed E-state index contributed by atoms with van der Waals surface area (Å²) in [7, 11) is 0. The molecule has 2 atom stereocenters. The van der Waals surface area contributed by atoms with Gasteiger partial charge in [0.05, 0.1) is 12.5 Å². The Hall–Kier alpha value is -1.36. The van der Waals surface area contributed by atoms with Gasteiger partial charge in [-0.1, -0.05) is 0 Å². The van der Waals surface area contributed by atoms with Crippen LogP contribution in [0.15, 0.2) is 12.1 Å². The molecule has 0 radical (unpaired) electrons. The maximum Gasteiger partial charge on any atom is 0.306 e. The highest BCUT2D eigenvalue weighted by Gasteiger charge is 2.36. The third-order valence-electron chi connectivity index (χ3n) is 4.16. The lowest BCUT2D eigenvalue weighted by atomic mass is 10.0. The zero-order valence-corrected chi connectivity index (χ0v) is 13.7. The predicted octanol–water partition coefficient (Wildman–Crippen LogP) is 3.29. The first kappa shape index (κ1) is 16.0. The van der Waals surface area contributed by atoms with Crippen LogP contribution in [0.1, 0.15) is 42.9 Å². The highest BCUT2D eigenvalue weighted by molar-refractivity contribution is 7.11. The van der Waals surface area contributed by atoms with Crippen LogP contribution in [-0.4, -0.2) is 27.9 Å². The van der Waals surface area contributed by atoms with Crippen molar-refractivity contribution in [3.63, 3.8) is 0 Å². The van der Waals surface area contributed by atoms with Gasteiger partial charge >= 0.3 is 5.97 Å². The zero-order chi connectivity index (χ0) is 15.6. The molecule has 1 aliphatic carbocycles. The number of carbonyl (C=O) groups is 2. The van der Waals surface area contributed by atoms with E-state index in [0.29, 0.717) is 25.8 Å². The summed E-state index contributed by atoms with van der Waals surface area (Å²) in [4.78, 5) is 28.1. The molecule has 1 aromatic rings. The minimum Gasteiger partial charge on any atom is -0.481 e. The number of nitrogens with zero attached hydrogens (tertiary/aromatic N) is 1. The third kappa shape index (κ3) is 3.84. The first-order valence-corrected chi connectivity index (χ1v) is 8.28. The molecule has 0 unspecified atom stereocenters. The molecule has 0 aromatic carbocycles. The minimum atomic E-state index is -0.768. The summed E-state index contributed by atoms with van der Waals surface area (Å²) in [6.07, 6.45) is 1.80. The predicted molar refractivity (Wildman–Crippen MR) is 83.2 cm³/mol. The number of thiophene rings is 1. The average Bonchev–Trinajstić information content (AvgIpc) is 3.03. The van der Waals surface area contributed by atoms with Gasteiger partial charge < -0.3 is 10.0 Å². The molecule has 1 aliphatic rings. The lowest BCUT2D eigenvalue weighted by Gasteiger charge is -2.29. The van der Waals surface area contributed by atoms with E-state index >= 15 is 0 Å². The molecule has 0 spiro atoms. The van der Waals surface area contributed by atoms with Crippen LogP contribution in [0.25, 0.3) is 0 Å². The third-order valence-corrected chi connectivity index (χ3v) is 5.15. The molecule has 5 heteroatoms. The summed E-state index contributed by atoms with van der Waals surface area (Å²) in [5.74, 6) is -1.14.